The van der Waals surface area contributed by atoms with Crippen LogP contribution in [0.1, 0.15) is 12.8 Å². The van der Waals surface area contributed by atoms with Gasteiger partial charge in [-0.1, -0.05) is 6.07 Å². The van der Waals surface area contributed by atoms with Crippen LogP contribution < -0.4 is 0 Å². The van der Waals surface area contributed by atoms with Crippen molar-refractivity contribution in [2.45, 2.75) is 23.1 Å². The Morgan fingerprint density at radius 2 is 2.56 bits per heavy atom. The van der Waals surface area contributed by atoms with Gasteiger partial charge in [0.2, 0.25) is 5.91 Å². The second kappa shape index (κ2) is 5.70. The molecule has 1 saturated heterocycles. The van der Waals surface area contributed by atoms with E-state index in [1.54, 1.807) is 23.1 Å². The topological polar surface area (TPSA) is 40.5 Å². The lowest BCUT2D eigenvalue weighted by Crippen LogP contribution is -2.38. The van der Waals surface area contributed by atoms with E-state index in [1.807, 2.05) is 22.4 Å². The van der Waals surface area contributed by atoms with Crippen LogP contribution in [0.2, 0.25) is 0 Å². The fourth-order valence-electron chi connectivity index (χ4n) is 1.92. The van der Waals surface area contributed by atoms with Gasteiger partial charge in [0, 0.05) is 6.54 Å². The molecule has 16 heavy (non-hydrogen) atoms. The van der Waals surface area contributed by atoms with Crippen LogP contribution in [0.15, 0.2) is 21.7 Å². The van der Waals surface area contributed by atoms with Crippen molar-refractivity contribution < 1.29 is 9.90 Å². The van der Waals surface area contributed by atoms with Crippen molar-refractivity contribution in [2.75, 3.05) is 18.9 Å². The number of hydrogen-bond donors (Lipinski definition) is 1. The Balaban J connectivity index is 1.83. The van der Waals surface area contributed by atoms with Crippen LogP contribution in [0.5, 0.6) is 0 Å². The van der Waals surface area contributed by atoms with Crippen LogP contribution in [0.3, 0.4) is 0 Å². The fourth-order valence-corrected chi connectivity index (χ4v) is 3.59. The number of nitrogens with zero attached hydrogens (tertiary/aromatic N) is 1. The molecule has 1 aromatic heterocycles. The summed E-state index contributed by atoms with van der Waals surface area (Å²) in [7, 11) is 0. The molecule has 0 bridgehead atoms. The Kier molecular flexibility index (Phi) is 4.26. The molecular formula is C11H15NO2S2. The van der Waals surface area contributed by atoms with Crippen LogP contribution in [-0.4, -0.2) is 40.9 Å². The number of carbonyl (C=O) groups is 1. The third kappa shape index (κ3) is 2.78. The summed E-state index contributed by atoms with van der Waals surface area (Å²) in [6.45, 7) is 0.893. The highest BCUT2D eigenvalue weighted by molar-refractivity contribution is 8.01. The number of carbonyl (C=O) groups excluding carboxylic acids is 1. The van der Waals surface area contributed by atoms with Crippen molar-refractivity contribution in [3.8, 4) is 0 Å². The zero-order chi connectivity index (χ0) is 11.4. The van der Waals surface area contributed by atoms with Crippen LogP contribution >= 0.6 is 23.1 Å². The van der Waals surface area contributed by atoms with E-state index >= 15 is 0 Å². The molecular weight excluding hydrogens is 242 g/mol. The van der Waals surface area contributed by atoms with Gasteiger partial charge >= 0.3 is 0 Å². The Morgan fingerprint density at radius 1 is 1.69 bits per heavy atom. The van der Waals surface area contributed by atoms with Gasteiger partial charge in [-0.3, -0.25) is 4.79 Å². The molecule has 5 heteroatoms. The van der Waals surface area contributed by atoms with Gasteiger partial charge < -0.3 is 10.0 Å². The quantitative estimate of drug-likeness (QED) is 0.837. The summed E-state index contributed by atoms with van der Waals surface area (Å²) in [6.07, 6.45) is 1.95. The number of thioether (sulfide) groups is 1. The predicted molar refractivity (Wildman–Crippen MR) is 66.9 cm³/mol. The Morgan fingerprint density at radius 3 is 3.25 bits per heavy atom. The summed E-state index contributed by atoms with van der Waals surface area (Å²) < 4.78 is 1.17. The number of aliphatic hydroxyl groups is 1. The molecule has 1 aliphatic heterocycles. The Labute approximate surface area is 103 Å². The number of rotatable bonds is 4. The molecule has 0 spiro atoms. The minimum atomic E-state index is 0.0523. The lowest BCUT2D eigenvalue weighted by molar-refractivity contribution is -0.129. The summed E-state index contributed by atoms with van der Waals surface area (Å²) in [5, 5.41) is 11.2. The SMILES string of the molecule is O=C(CSc1cccs1)N1CCC[C@@H]1CO. The minimum Gasteiger partial charge on any atom is -0.394 e. The van der Waals surface area contributed by atoms with E-state index in [9.17, 15) is 4.79 Å². The highest BCUT2D eigenvalue weighted by Crippen LogP contribution is 2.25. The average molecular weight is 257 g/mol. The number of aliphatic hydroxyl groups excluding tert-OH is 1. The maximum atomic E-state index is 11.9. The van der Waals surface area contributed by atoms with Gasteiger partial charge in [-0.15, -0.1) is 23.1 Å². The summed E-state index contributed by atoms with van der Waals surface area (Å²) in [4.78, 5) is 13.7. The summed E-state index contributed by atoms with van der Waals surface area (Å²) >= 11 is 3.24. The zero-order valence-corrected chi connectivity index (χ0v) is 10.6. The number of likely N-dealkylation sites (tertiary alicyclic amines) is 1. The largest absolute Gasteiger partial charge is 0.394 e. The third-order valence-electron chi connectivity index (χ3n) is 2.74. The minimum absolute atomic E-state index is 0.0523. The Hall–Kier alpha value is -0.520. The van der Waals surface area contributed by atoms with E-state index in [0.717, 1.165) is 19.4 Å². The van der Waals surface area contributed by atoms with Gasteiger partial charge in [-0.2, -0.15) is 0 Å². The van der Waals surface area contributed by atoms with Gasteiger partial charge in [0.05, 0.1) is 22.6 Å². The van der Waals surface area contributed by atoms with Crippen molar-refractivity contribution in [2.24, 2.45) is 0 Å². The van der Waals surface area contributed by atoms with Crippen molar-refractivity contribution in [3.05, 3.63) is 17.5 Å². The number of amides is 1. The van der Waals surface area contributed by atoms with Crippen LogP contribution in [-0.2, 0) is 4.79 Å². The van der Waals surface area contributed by atoms with Gasteiger partial charge in [0.25, 0.3) is 0 Å². The molecule has 0 unspecified atom stereocenters. The molecule has 1 amide bonds. The third-order valence-corrected chi connectivity index (χ3v) is 4.86. The van der Waals surface area contributed by atoms with Crippen LogP contribution in [0, 0.1) is 0 Å². The molecule has 0 aromatic carbocycles. The number of hydrogen-bond acceptors (Lipinski definition) is 4. The molecule has 1 fully saturated rings. The Bertz CT molecular complexity index is 340. The predicted octanol–water partition coefficient (Wildman–Crippen LogP) is 1.82. The molecule has 0 radical (unpaired) electrons. The molecule has 0 aliphatic carbocycles. The maximum absolute atomic E-state index is 11.9. The van der Waals surface area contributed by atoms with E-state index in [4.69, 9.17) is 5.11 Å². The lowest BCUT2D eigenvalue weighted by atomic mass is 10.2. The molecule has 2 rings (SSSR count). The second-order valence-corrected chi connectivity index (χ2v) is 6.01. The van der Waals surface area contributed by atoms with Gasteiger partial charge in [0.1, 0.15) is 0 Å². The summed E-state index contributed by atoms with van der Waals surface area (Å²) in [5.41, 5.74) is 0. The monoisotopic (exact) mass is 257 g/mol. The van der Waals surface area contributed by atoms with E-state index in [0.29, 0.717) is 5.75 Å². The smallest absolute Gasteiger partial charge is 0.233 e. The van der Waals surface area contributed by atoms with E-state index in [1.165, 1.54) is 4.21 Å². The van der Waals surface area contributed by atoms with Crippen molar-refractivity contribution in [3.63, 3.8) is 0 Å². The van der Waals surface area contributed by atoms with Crippen molar-refractivity contribution in [1.82, 2.24) is 4.90 Å². The zero-order valence-electron chi connectivity index (χ0n) is 8.96. The number of thiophene rings is 1. The van der Waals surface area contributed by atoms with E-state index in [2.05, 4.69) is 0 Å². The molecule has 1 atom stereocenters. The summed E-state index contributed by atoms with van der Waals surface area (Å²) in [5.74, 6) is 0.631. The van der Waals surface area contributed by atoms with Gasteiger partial charge in [-0.25, -0.2) is 0 Å². The molecule has 88 valence electrons. The van der Waals surface area contributed by atoms with Crippen LogP contribution in [0.4, 0.5) is 0 Å². The highest BCUT2D eigenvalue weighted by Gasteiger charge is 2.27. The molecule has 1 aromatic rings. The first-order valence-corrected chi connectivity index (χ1v) is 7.24. The standard InChI is InChI=1S/C11H15NO2S2/c13-7-9-3-1-5-12(9)10(14)8-16-11-4-2-6-15-11/h2,4,6,9,13H,1,3,5,7-8H2/t9-/m1/s1. The highest BCUT2D eigenvalue weighted by atomic mass is 32.2. The van der Waals surface area contributed by atoms with Gasteiger partial charge in [-0.05, 0) is 24.3 Å². The van der Waals surface area contributed by atoms with Crippen LogP contribution in [0.25, 0.3) is 0 Å². The molecule has 1 aliphatic rings. The van der Waals surface area contributed by atoms with Gasteiger partial charge in [0.15, 0.2) is 0 Å². The normalized spacial score (nSPS) is 20.3. The molecule has 1 N–H and O–H groups in total. The first-order valence-electron chi connectivity index (χ1n) is 5.38. The average Bonchev–Trinajstić information content (AvgIpc) is 2.96. The molecule has 0 saturated carbocycles. The first kappa shape index (κ1) is 12.0. The second-order valence-electron chi connectivity index (χ2n) is 3.79. The maximum Gasteiger partial charge on any atom is 0.233 e. The molecule has 3 nitrogen and oxygen atoms in total. The van der Waals surface area contributed by atoms with E-state index in [-0.39, 0.29) is 18.6 Å². The molecule has 2 heterocycles. The van der Waals surface area contributed by atoms with E-state index < -0.39 is 0 Å². The lowest BCUT2D eigenvalue weighted by Gasteiger charge is -2.22. The fraction of sp³-hybridized carbons (Fsp3) is 0.545. The van der Waals surface area contributed by atoms with Crippen molar-refractivity contribution >= 4 is 29.0 Å². The first-order chi connectivity index (χ1) is 7.81. The van der Waals surface area contributed by atoms with Crippen molar-refractivity contribution in [1.29, 1.82) is 0 Å². The summed E-state index contributed by atoms with van der Waals surface area (Å²) in [6, 6.07) is 4.07.